The zero-order valence-corrected chi connectivity index (χ0v) is 20.3. The number of fused-ring (bicyclic) bond motifs is 3. The van der Waals surface area contributed by atoms with Gasteiger partial charge >= 0.3 is 11.9 Å². The van der Waals surface area contributed by atoms with Crippen molar-refractivity contribution in [3.63, 3.8) is 0 Å². The summed E-state index contributed by atoms with van der Waals surface area (Å²) in [7, 11) is 0. The van der Waals surface area contributed by atoms with E-state index in [0.717, 1.165) is 0 Å². The number of aliphatic hydroxyl groups excluding tert-OH is 1. The Balaban J connectivity index is 2.28. The maximum absolute atomic E-state index is 13.0. The first-order valence-corrected chi connectivity index (χ1v) is 11.7. The van der Waals surface area contributed by atoms with Gasteiger partial charge in [-0.05, 0) is 18.1 Å². The normalized spacial score (nSPS) is 39.5. The largest absolute Gasteiger partial charge is 0.461 e. The average molecular weight is 465 g/mol. The minimum absolute atomic E-state index is 0.105. The number of hydrogen-bond acceptors (Lipinski definition) is 8. The van der Waals surface area contributed by atoms with E-state index >= 15 is 0 Å². The Hall–Kier alpha value is -2.03. The summed E-state index contributed by atoms with van der Waals surface area (Å²) in [4.78, 5) is 37.8. The van der Waals surface area contributed by atoms with Crippen LogP contribution in [0, 0.1) is 23.2 Å². The fourth-order valence-electron chi connectivity index (χ4n) is 6.12. The average Bonchev–Trinajstić information content (AvgIpc) is 2.94. The number of ether oxygens (including phenoxy) is 2. The third kappa shape index (κ3) is 3.76. The smallest absolute Gasteiger partial charge is 0.305 e. The molecule has 0 saturated heterocycles. The molecule has 1 unspecified atom stereocenters. The third-order valence-corrected chi connectivity index (χ3v) is 7.90. The standard InChI is InChI=1S/C25H36O8/c1-7-18(27)32-21-14(4)25(31)16(22(23(21,5)6)33-19(28)8-2)10-15(12-26)11-24(30)17(25)9-13(3)20(24)29/h9-10,14,16-17,21-22,26,30-31H,7-8,11-12H2,1-6H3/t14-,16+,17-,21-,22?,24-,25-/m1/s1. The molecule has 0 aliphatic heterocycles. The first kappa shape index (κ1) is 25.6. The van der Waals surface area contributed by atoms with Crippen LogP contribution in [0.25, 0.3) is 0 Å². The second-order valence-electron chi connectivity index (χ2n) is 10.3. The Morgan fingerprint density at radius 3 is 2.12 bits per heavy atom. The Kier molecular flexibility index (Phi) is 6.70. The summed E-state index contributed by atoms with van der Waals surface area (Å²) in [6.07, 6.45) is 1.48. The molecule has 0 heterocycles. The van der Waals surface area contributed by atoms with Crippen molar-refractivity contribution < 1.29 is 39.2 Å². The molecule has 184 valence electrons. The number of carbonyl (C=O) groups is 3. The van der Waals surface area contributed by atoms with Crippen LogP contribution >= 0.6 is 0 Å². The topological polar surface area (TPSA) is 130 Å². The molecule has 3 N–H and O–H groups in total. The summed E-state index contributed by atoms with van der Waals surface area (Å²) in [5.41, 5.74) is -3.98. The highest BCUT2D eigenvalue weighted by molar-refractivity contribution is 6.04. The first-order chi connectivity index (χ1) is 15.3. The van der Waals surface area contributed by atoms with Crippen LogP contribution in [-0.2, 0) is 23.9 Å². The van der Waals surface area contributed by atoms with E-state index in [1.54, 1.807) is 39.8 Å². The van der Waals surface area contributed by atoms with Crippen molar-refractivity contribution in [3.8, 4) is 0 Å². The molecule has 0 aromatic heterocycles. The molecule has 0 radical (unpaired) electrons. The lowest BCUT2D eigenvalue weighted by atomic mass is 9.52. The quantitative estimate of drug-likeness (QED) is 0.415. The maximum atomic E-state index is 13.0. The van der Waals surface area contributed by atoms with Gasteiger partial charge in [0, 0.05) is 42.4 Å². The predicted molar refractivity (Wildman–Crippen MR) is 119 cm³/mol. The van der Waals surface area contributed by atoms with Gasteiger partial charge in [-0.15, -0.1) is 0 Å². The number of Topliss-reactive ketones (excluding diaryl/α,β-unsaturated/α-hetero) is 1. The summed E-state index contributed by atoms with van der Waals surface area (Å²) < 4.78 is 11.7. The lowest BCUT2D eigenvalue weighted by Crippen LogP contribution is -2.70. The zero-order chi connectivity index (χ0) is 24.9. The molecule has 8 nitrogen and oxygen atoms in total. The van der Waals surface area contributed by atoms with E-state index in [4.69, 9.17) is 9.47 Å². The molecule has 0 amide bonds. The van der Waals surface area contributed by atoms with Gasteiger partial charge in [-0.2, -0.15) is 0 Å². The lowest BCUT2D eigenvalue weighted by Gasteiger charge is -2.59. The minimum Gasteiger partial charge on any atom is -0.461 e. The molecule has 0 aromatic carbocycles. The monoisotopic (exact) mass is 464 g/mol. The van der Waals surface area contributed by atoms with Gasteiger partial charge in [0.2, 0.25) is 0 Å². The maximum Gasteiger partial charge on any atom is 0.305 e. The van der Waals surface area contributed by atoms with Crippen molar-refractivity contribution >= 4 is 17.7 Å². The summed E-state index contributed by atoms with van der Waals surface area (Å²) in [6.45, 7) is 9.83. The number of hydrogen-bond donors (Lipinski definition) is 3. The molecule has 1 saturated carbocycles. The van der Waals surface area contributed by atoms with Crippen LogP contribution in [0.2, 0.25) is 0 Å². The van der Waals surface area contributed by atoms with Crippen molar-refractivity contribution in [2.45, 2.75) is 84.2 Å². The van der Waals surface area contributed by atoms with E-state index in [1.165, 1.54) is 0 Å². The molecule has 1 fully saturated rings. The van der Waals surface area contributed by atoms with Gasteiger partial charge in [-0.3, -0.25) is 14.4 Å². The SMILES string of the molecule is CCC(=O)OC1[C@@H]2C=C(CO)C[C@]3(O)C(=O)C(C)=C[C@H]3[C@@]2(O)[C@H](C)[C@@H](OC(=O)CC)C1(C)C. The van der Waals surface area contributed by atoms with Gasteiger partial charge < -0.3 is 24.8 Å². The van der Waals surface area contributed by atoms with Gasteiger partial charge in [0.1, 0.15) is 17.8 Å². The van der Waals surface area contributed by atoms with Gasteiger partial charge in [0.05, 0.1) is 12.2 Å². The molecule has 3 aliphatic carbocycles. The van der Waals surface area contributed by atoms with Crippen molar-refractivity contribution in [1.82, 2.24) is 0 Å². The van der Waals surface area contributed by atoms with E-state index in [9.17, 15) is 29.7 Å². The third-order valence-electron chi connectivity index (χ3n) is 7.90. The molecule has 8 heteroatoms. The Morgan fingerprint density at radius 1 is 1.06 bits per heavy atom. The Bertz CT molecular complexity index is 902. The van der Waals surface area contributed by atoms with E-state index in [-0.39, 0.29) is 19.3 Å². The number of rotatable bonds is 5. The Morgan fingerprint density at radius 2 is 1.61 bits per heavy atom. The van der Waals surface area contributed by atoms with Crippen LogP contribution in [0.4, 0.5) is 0 Å². The van der Waals surface area contributed by atoms with Crippen LogP contribution in [0.15, 0.2) is 23.3 Å². The number of ketones is 1. The summed E-state index contributed by atoms with van der Waals surface area (Å²) in [6, 6.07) is 0. The number of carbonyl (C=O) groups excluding carboxylic acids is 3. The summed E-state index contributed by atoms with van der Waals surface area (Å²) in [5.74, 6) is -4.09. The van der Waals surface area contributed by atoms with Crippen LogP contribution in [0.5, 0.6) is 0 Å². The molecule has 0 aromatic rings. The first-order valence-electron chi connectivity index (χ1n) is 11.7. The molecule has 3 aliphatic rings. The molecule has 0 bridgehead atoms. The second kappa shape index (κ2) is 8.64. The van der Waals surface area contributed by atoms with Crippen LogP contribution in [0.3, 0.4) is 0 Å². The molecule has 33 heavy (non-hydrogen) atoms. The summed E-state index contributed by atoms with van der Waals surface area (Å²) >= 11 is 0. The molecule has 3 rings (SSSR count). The fraction of sp³-hybridized carbons (Fsp3) is 0.720. The molecular weight excluding hydrogens is 428 g/mol. The molecule has 7 atom stereocenters. The molecule has 0 spiro atoms. The van der Waals surface area contributed by atoms with Crippen molar-refractivity contribution in [3.05, 3.63) is 23.3 Å². The van der Waals surface area contributed by atoms with Crippen molar-refractivity contribution in [1.29, 1.82) is 0 Å². The highest BCUT2D eigenvalue weighted by atomic mass is 16.6. The zero-order valence-electron chi connectivity index (χ0n) is 20.3. The van der Waals surface area contributed by atoms with Crippen LogP contribution in [0.1, 0.15) is 60.8 Å². The Labute approximate surface area is 194 Å². The van der Waals surface area contributed by atoms with Gasteiger partial charge in [-0.1, -0.05) is 46.8 Å². The highest BCUT2D eigenvalue weighted by Gasteiger charge is 2.70. The van der Waals surface area contributed by atoms with E-state index in [2.05, 4.69) is 0 Å². The molecular formula is C25H36O8. The van der Waals surface area contributed by atoms with Crippen LogP contribution in [-0.4, -0.2) is 63.1 Å². The van der Waals surface area contributed by atoms with Crippen molar-refractivity contribution in [2.24, 2.45) is 23.2 Å². The van der Waals surface area contributed by atoms with E-state index in [1.807, 2.05) is 13.8 Å². The number of esters is 2. The van der Waals surface area contributed by atoms with Gasteiger partial charge in [0.25, 0.3) is 0 Å². The highest BCUT2D eigenvalue weighted by Crippen LogP contribution is 2.59. The van der Waals surface area contributed by atoms with Gasteiger partial charge in [0.15, 0.2) is 5.78 Å². The predicted octanol–water partition coefficient (Wildman–Crippen LogP) is 1.85. The van der Waals surface area contributed by atoms with Crippen LogP contribution < -0.4 is 0 Å². The van der Waals surface area contributed by atoms with E-state index in [0.29, 0.717) is 11.1 Å². The summed E-state index contributed by atoms with van der Waals surface area (Å²) in [5, 5.41) is 34.0. The second-order valence-corrected chi connectivity index (χ2v) is 10.3. The lowest BCUT2D eigenvalue weighted by molar-refractivity contribution is -0.257. The minimum atomic E-state index is -1.96. The van der Waals surface area contributed by atoms with Gasteiger partial charge in [-0.25, -0.2) is 0 Å². The fourth-order valence-corrected chi connectivity index (χ4v) is 6.12. The van der Waals surface area contributed by atoms with E-state index < -0.39 is 70.9 Å². The number of aliphatic hydroxyl groups is 3. The van der Waals surface area contributed by atoms with Crippen molar-refractivity contribution in [2.75, 3.05) is 6.61 Å².